The fourth-order valence-electron chi connectivity index (χ4n) is 3.78. The minimum Gasteiger partial charge on any atom is -0.508 e. The van der Waals surface area contributed by atoms with Crippen LogP contribution in [0, 0.1) is 0 Å². The Morgan fingerprint density at radius 1 is 1.10 bits per heavy atom. The van der Waals surface area contributed by atoms with E-state index in [1.807, 2.05) is 24.3 Å². The van der Waals surface area contributed by atoms with Gasteiger partial charge in [0, 0.05) is 13.6 Å². The third-order valence-electron chi connectivity index (χ3n) is 5.49. The van der Waals surface area contributed by atoms with E-state index < -0.39 is 6.04 Å². The van der Waals surface area contributed by atoms with Gasteiger partial charge in [0.15, 0.2) is 0 Å². The average Bonchev–Trinajstić information content (AvgIpc) is 3.07. The predicted molar refractivity (Wildman–Crippen MR) is 107 cm³/mol. The summed E-state index contributed by atoms with van der Waals surface area (Å²) < 4.78 is 5.18. The zero-order valence-corrected chi connectivity index (χ0v) is 16.4. The van der Waals surface area contributed by atoms with Crippen LogP contribution < -0.4 is 10.1 Å². The van der Waals surface area contributed by atoms with Gasteiger partial charge in [-0.05, 0) is 41.8 Å². The number of benzene rings is 2. The first-order valence-electron chi connectivity index (χ1n) is 9.46. The summed E-state index contributed by atoms with van der Waals surface area (Å²) in [5, 5.41) is 12.4. The molecule has 2 N–H and O–H groups in total. The molecule has 2 aromatic carbocycles. The van der Waals surface area contributed by atoms with Gasteiger partial charge in [-0.1, -0.05) is 24.3 Å². The first-order valence-corrected chi connectivity index (χ1v) is 9.46. The number of carbonyl (C=O) groups is 2. The van der Waals surface area contributed by atoms with E-state index in [0.717, 1.165) is 22.6 Å². The Morgan fingerprint density at radius 2 is 1.79 bits per heavy atom. The van der Waals surface area contributed by atoms with Gasteiger partial charge in [0.05, 0.1) is 31.0 Å². The zero-order chi connectivity index (χ0) is 20.5. The molecule has 0 saturated heterocycles. The molecule has 2 aliphatic heterocycles. The van der Waals surface area contributed by atoms with E-state index in [4.69, 9.17) is 4.74 Å². The number of methoxy groups -OCH3 is 1. The minimum atomic E-state index is -0.521. The number of carbonyl (C=O) groups excluding carboxylic acids is 2. The highest BCUT2D eigenvalue weighted by Crippen LogP contribution is 2.36. The van der Waals surface area contributed by atoms with Gasteiger partial charge in [-0.25, -0.2) is 4.79 Å². The highest BCUT2D eigenvalue weighted by Gasteiger charge is 2.42. The number of nitrogens with one attached hydrogen (secondary N) is 1. The molecule has 3 amide bonds. The van der Waals surface area contributed by atoms with Gasteiger partial charge in [0.1, 0.15) is 11.5 Å². The number of urea groups is 1. The SMILES string of the molecule is COc1ccc(CCN2CC3=C(C2=O)[C@H](c2ccc(O)cc2)NC(=O)N3C)cc1. The molecule has 1 atom stereocenters. The first kappa shape index (κ1) is 18.9. The van der Waals surface area contributed by atoms with E-state index >= 15 is 0 Å². The van der Waals surface area contributed by atoms with Gasteiger partial charge in [0.25, 0.3) is 5.91 Å². The maximum absolute atomic E-state index is 13.2. The monoisotopic (exact) mass is 393 g/mol. The Labute approximate surface area is 169 Å². The lowest BCUT2D eigenvalue weighted by Crippen LogP contribution is -2.45. The molecule has 2 heterocycles. The lowest BCUT2D eigenvalue weighted by Gasteiger charge is -2.31. The van der Waals surface area contributed by atoms with Crippen LogP contribution in [-0.2, 0) is 11.2 Å². The van der Waals surface area contributed by atoms with E-state index in [1.165, 1.54) is 4.90 Å². The summed E-state index contributed by atoms with van der Waals surface area (Å²) in [4.78, 5) is 28.9. The van der Waals surface area contributed by atoms with Crippen molar-refractivity contribution >= 4 is 11.9 Å². The van der Waals surface area contributed by atoms with Gasteiger partial charge in [-0.15, -0.1) is 0 Å². The van der Waals surface area contributed by atoms with Crippen molar-refractivity contribution in [2.75, 3.05) is 27.2 Å². The summed E-state index contributed by atoms with van der Waals surface area (Å²) in [6.07, 6.45) is 0.714. The standard InChI is InChI=1S/C22H23N3O4/c1-24-18-13-25(12-11-14-3-9-17(29-2)10-4-14)21(27)19(18)20(23-22(24)28)15-5-7-16(26)8-6-15/h3-10,20,26H,11-13H2,1-2H3,(H,23,28)/t20-/m0/s1. The van der Waals surface area contributed by atoms with E-state index in [2.05, 4.69) is 5.32 Å². The van der Waals surface area contributed by atoms with Gasteiger partial charge in [-0.3, -0.25) is 9.69 Å². The van der Waals surface area contributed by atoms with Crippen LogP contribution in [0.1, 0.15) is 17.2 Å². The van der Waals surface area contributed by atoms with Crippen molar-refractivity contribution in [2.24, 2.45) is 0 Å². The summed E-state index contributed by atoms with van der Waals surface area (Å²) in [7, 11) is 3.31. The Bertz CT molecular complexity index is 967. The molecule has 0 spiro atoms. The number of phenolic OH excluding ortho intramolecular Hbond substituents is 1. The van der Waals surface area contributed by atoms with E-state index in [9.17, 15) is 14.7 Å². The third kappa shape index (κ3) is 3.51. The minimum absolute atomic E-state index is 0.0709. The molecule has 0 unspecified atom stereocenters. The number of hydrogen-bond acceptors (Lipinski definition) is 4. The lowest BCUT2D eigenvalue weighted by atomic mass is 9.95. The number of hydrogen-bond donors (Lipinski definition) is 2. The molecule has 0 aromatic heterocycles. The first-order chi connectivity index (χ1) is 14.0. The van der Waals surface area contributed by atoms with E-state index in [-0.39, 0.29) is 17.7 Å². The van der Waals surface area contributed by atoms with Crippen molar-refractivity contribution in [1.82, 2.24) is 15.1 Å². The molecule has 2 aromatic rings. The third-order valence-corrected chi connectivity index (χ3v) is 5.49. The van der Waals surface area contributed by atoms with E-state index in [1.54, 1.807) is 43.3 Å². The molecule has 0 radical (unpaired) electrons. The number of nitrogens with zero attached hydrogens (tertiary/aromatic N) is 2. The summed E-state index contributed by atoms with van der Waals surface area (Å²) in [5.74, 6) is 0.866. The second kappa shape index (κ2) is 7.50. The molecule has 7 nitrogen and oxygen atoms in total. The van der Waals surface area contributed by atoms with Crippen molar-refractivity contribution in [3.05, 3.63) is 70.9 Å². The number of ether oxygens (including phenoxy) is 1. The number of amides is 3. The van der Waals surface area contributed by atoms with Crippen molar-refractivity contribution < 1.29 is 19.4 Å². The molecule has 7 heteroatoms. The molecule has 4 rings (SSSR count). The van der Waals surface area contributed by atoms with E-state index in [0.29, 0.717) is 25.1 Å². The quantitative estimate of drug-likeness (QED) is 0.818. The van der Waals surface area contributed by atoms with Gasteiger partial charge in [-0.2, -0.15) is 0 Å². The van der Waals surface area contributed by atoms with Crippen LogP contribution in [0.3, 0.4) is 0 Å². The summed E-state index contributed by atoms with van der Waals surface area (Å²) in [5.41, 5.74) is 3.20. The van der Waals surface area contributed by atoms with Crippen LogP contribution in [0.5, 0.6) is 11.5 Å². The molecular weight excluding hydrogens is 370 g/mol. The van der Waals surface area contributed by atoms with Gasteiger partial charge >= 0.3 is 6.03 Å². The maximum atomic E-state index is 13.2. The average molecular weight is 393 g/mol. The molecule has 0 bridgehead atoms. The smallest absolute Gasteiger partial charge is 0.322 e. The second-order valence-corrected chi connectivity index (χ2v) is 7.22. The summed E-state index contributed by atoms with van der Waals surface area (Å²) in [6, 6.07) is 13.6. The van der Waals surface area contributed by atoms with Crippen molar-refractivity contribution in [1.29, 1.82) is 0 Å². The summed E-state index contributed by atoms with van der Waals surface area (Å²) >= 11 is 0. The highest BCUT2D eigenvalue weighted by atomic mass is 16.5. The van der Waals surface area contributed by atoms with Crippen LogP contribution >= 0.6 is 0 Å². The molecule has 0 saturated carbocycles. The Kier molecular flexibility index (Phi) is 4.88. The van der Waals surface area contributed by atoms with Gasteiger partial charge in [0.2, 0.25) is 0 Å². The molecular formula is C22H23N3O4. The van der Waals surface area contributed by atoms with Crippen molar-refractivity contribution in [2.45, 2.75) is 12.5 Å². The summed E-state index contributed by atoms with van der Waals surface area (Å²) in [6.45, 7) is 0.964. The highest BCUT2D eigenvalue weighted by molar-refractivity contribution is 6.01. The van der Waals surface area contributed by atoms with Crippen LogP contribution in [0.4, 0.5) is 4.79 Å². The molecule has 29 heavy (non-hydrogen) atoms. The number of likely N-dealkylation sites (N-methyl/N-ethyl adjacent to an activating group) is 1. The molecule has 2 aliphatic rings. The molecule has 0 fully saturated rings. The largest absolute Gasteiger partial charge is 0.508 e. The Balaban J connectivity index is 1.54. The second-order valence-electron chi connectivity index (χ2n) is 7.22. The number of phenols is 1. The Hall–Kier alpha value is -3.48. The van der Waals surface area contributed by atoms with Crippen LogP contribution in [0.25, 0.3) is 0 Å². The zero-order valence-electron chi connectivity index (χ0n) is 16.4. The fourth-order valence-corrected chi connectivity index (χ4v) is 3.78. The van der Waals surface area contributed by atoms with Crippen LogP contribution in [-0.4, -0.2) is 54.1 Å². The predicted octanol–water partition coefficient (Wildman–Crippen LogP) is 2.44. The van der Waals surface area contributed by atoms with Gasteiger partial charge < -0.3 is 20.1 Å². The fraction of sp³-hybridized carbons (Fsp3) is 0.273. The molecule has 150 valence electrons. The Morgan fingerprint density at radius 3 is 2.45 bits per heavy atom. The van der Waals surface area contributed by atoms with Crippen LogP contribution in [0.15, 0.2) is 59.8 Å². The molecule has 0 aliphatic carbocycles. The normalized spacial score (nSPS) is 18.8. The van der Waals surface area contributed by atoms with Crippen molar-refractivity contribution in [3.63, 3.8) is 0 Å². The number of rotatable bonds is 5. The maximum Gasteiger partial charge on any atom is 0.322 e. The topological polar surface area (TPSA) is 82.1 Å². The van der Waals surface area contributed by atoms with Crippen LogP contribution in [0.2, 0.25) is 0 Å². The number of aromatic hydroxyl groups is 1. The van der Waals surface area contributed by atoms with Crippen molar-refractivity contribution in [3.8, 4) is 11.5 Å². The lowest BCUT2D eigenvalue weighted by molar-refractivity contribution is -0.125.